The van der Waals surface area contributed by atoms with Gasteiger partial charge in [0.2, 0.25) is 0 Å². The van der Waals surface area contributed by atoms with Gasteiger partial charge in [0.1, 0.15) is 5.75 Å². The van der Waals surface area contributed by atoms with Crippen molar-refractivity contribution in [3.8, 4) is 5.75 Å². The minimum Gasteiger partial charge on any atom is -0.406 e. The van der Waals surface area contributed by atoms with Gasteiger partial charge in [-0.2, -0.15) is 0 Å². The van der Waals surface area contributed by atoms with E-state index in [1.54, 1.807) is 0 Å². The van der Waals surface area contributed by atoms with Crippen molar-refractivity contribution < 1.29 is 23.0 Å². The maximum Gasteiger partial charge on any atom is 0.573 e. The molecule has 2 rings (SSSR count). The van der Waals surface area contributed by atoms with Crippen molar-refractivity contribution in [1.29, 1.82) is 0 Å². The molecule has 0 saturated carbocycles. The van der Waals surface area contributed by atoms with E-state index in [4.69, 9.17) is 5.11 Å². The second kappa shape index (κ2) is 9.82. The third kappa shape index (κ3) is 6.76. The van der Waals surface area contributed by atoms with E-state index < -0.39 is 6.36 Å². The number of aliphatic hydroxyl groups is 1. The Kier molecular flexibility index (Phi) is 8.80. The fourth-order valence-electron chi connectivity index (χ4n) is 2.81. The third-order valence-corrected chi connectivity index (χ3v) is 4.20. The normalized spacial score (nSPS) is 17.2. The topological polar surface area (TPSA) is 44.7 Å². The predicted octanol–water partition coefficient (Wildman–Crippen LogP) is 3.49. The summed E-state index contributed by atoms with van der Waals surface area (Å²) >= 11 is 3.25. The van der Waals surface area contributed by atoms with E-state index in [2.05, 4.69) is 30.9 Å². The molecule has 9 heteroatoms. The fraction of sp³-hybridized carbons (Fsp3) is 0.600. The molecule has 0 radical (unpaired) electrons. The summed E-state index contributed by atoms with van der Waals surface area (Å²) in [6.45, 7) is 3.38. The lowest BCUT2D eigenvalue weighted by atomic mass is 9.99. The molecule has 1 heterocycles. The van der Waals surface area contributed by atoms with Gasteiger partial charge in [-0.15, -0.1) is 25.6 Å². The van der Waals surface area contributed by atoms with Crippen LogP contribution in [0.4, 0.5) is 13.2 Å². The number of hydrogen-bond donors (Lipinski definition) is 2. The van der Waals surface area contributed by atoms with Gasteiger partial charge in [-0.25, -0.2) is 0 Å². The Morgan fingerprint density at radius 2 is 1.92 bits per heavy atom. The first-order valence-corrected chi connectivity index (χ1v) is 8.30. The van der Waals surface area contributed by atoms with Crippen LogP contribution in [0.3, 0.4) is 0 Å². The van der Waals surface area contributed by atoms with Crippen LogP contribution < -0.4 is 10.1 Å². The van der Waals surface area contributed by atoms with Crippen LogP contribution in [0.1, 0.15) is 24.4 Å². The van der Waals surface area contributed by atoms with Crippen LogP contribution in [0.2, 0.25) is 0 Å². The minimum absolute atomic E-state index is 0. The van der Waals surface area contributed by atoms with Crippen LogP contribution in [-0.2, 0) is 0 Å². The van der Waals surface area contributed by atoms with Gasteiger partial charge in [-0.1, -0.05) is 15.9 Å². The van der Waals surface area contributed by atoms with E-state index in [1.807, 2.05) is 6.07 Å². The van der Waals surface area contributed by atoms with Gasteiger partial charge in [-0.3, -0.25) is 4.90 Å². The van der Waals surface area contributed by atoms with E-state index in [0.29, 0.717) is 17.3 Å². The maximum absolute atomic E-state index is 12.5. The SMILES string of the molecule is Cl.OCCC[C@@H](c1cc(Br)cc(OC(F)(F)F)c1)N1CCNCC1. The van der Waals surface area contributed by atoms with Gasteiger partial charge in [0, 0.05) is 43.3 Å². The molecule has 0 amide bonds. The minimum atomic E-state index is -4.71. The Morgan fingerprint density at radius 3 is 2.50 bits per heavy atom. The first-order chi connectivity index (χ1) is 10.9. The van der Waals surface area contributed by atoms with Crippen molar-refractivity contribution in [3.63, 3.8) is 0 Å². The summed E-state index contributed by atoms with van der Waals surface area (Å²) in [6, 6.07) is 4.50. The van der Waals surface area contributed by atoms with Crippen molar-refractivity contribution >= 4 is 28.3 Å². The molecule has 0 bridgehead atoms. The number of nitrogens with one attached hydrogen (secondary N) is 1. The Bertz CT molecular complexity index is 514. The molecule has 1 fully saturated rings. The molecule has 1 aliphatic rings. The number of piperazine rings is 1. The first kappa shape index (κ1) is 21.5. The third-order valence-electron chi connectivity index (χ3n) is 3.74. The van der Waals surface area contributed by atoms with Gasteiger partial charge in [0.25, 0.3) is 0 Å². The molecule has 24 heavy (non-hydrogen) atoms. The molecule has 138 valence electrons. The summed E-state index contributed by atoms with van der Waals surface area (Å²) in [4.78, 5) is 2.23. The van der Waals surface area contributed by atoms with Crippen molar-refractivity contribution in [2.24, 2.45) is 0 Å². The molecule has 0 unspecified atom stereocenters. The van der Waals surface area contributed by atoms with Crippen LogP contribution in [0.15, 0.2) is 22.7 Å². The summed E-state index contributed by atoms with van der Waals surface area (Å²) in [5.41, 5.74) is 0.758. The number of aliphatic hydroxyl groups excluding tert-OH is 1. The molecule has 1 aliphatic heterocycles. The number of alkyl halides is 3. The molecule has 0 aliphatic carbocycles. The molecule has 2 N–H and O–H groups in total. The van der Waals surface area contributed by atoms with Crippen LogP contribution in [0.5, 0.6) is 5.75 Å². The molecule has 4 nitrogen and oxygen atoms in total. The summed E-state index contributed by atoms with van der Waals surface area (Å²) < 4.78 is 42.0. The fourth-order valence-corrected chi connectivity index (χ4v) is 3.30. The summed E-state index contributed by atoms with van der Waals surface area (Å²) in [7, 11) is 0. The largest absolute Gasteiger partial charge is 0.573 e. The zero-order chi connectivity index (χ0) is 16.9. The van der Waals surface area contributed by atoms with Gasteiger partial charge in [0.15, 0.2) is 0 Å². The smallest absolute Gasteiger partial charge is 0.406 e. The highest BCUT2D eigenvalue weighted by atomic mass is 79.9. The zero-order valence-corrected chi connectivity index (χ0v) is 15.4. The maximum atomic E-state index is 12.5. The lowest BCUT2D eigenvalue weighted by molar-refractivity contribution is -0.274. The van der Waals surface area contributed by atoms with Crippen molar-refractivity contribution in [3.05, 3.63) is 28.2 Å². The quantitative estimate of drug-likeness (QED) is 0.721. The van der Waals surface area contributed by atoms with E-state index in [1.165, 1.54) is 12.1 Å². The first-order valence-electron chi connectivity index (χ1n) is 7.51. The molecule has 0 aromatic heterocycles. The molecule has 0 spiro atoms. The highest BCUT2D eigenvalue weighted by molar-refractivity contribution is 9.10. The van der Waals surface area contributed by atoms with Crippen LogP contribution in [-0.4, -0.2) is 49.2 Å². The molecular formula is C15H21BrClF3N2O2. The Labute approximate surface area is 153 Å². The standard InChI is InChI=1S/C15H20BrF3N2O2.ClH/c16-12-8-11(9-13(10-12)23-15(17,18)19)14(2-1-7-22)21-5-3-20-4-6-21;/h8-10,14,20,22H,1-7H2;1H/t14-;/m0./s1. The number of benzene rings is 1. The van der Waals surface area contributed by atoms with Gasteiger partial charge in [-0.05, 0) is 36.6 Å². The highest BCUT2D eigenvalue weighted by Gasteiger charge is 2.32. The number of halogens is 5. The van der Waals surface area contributed by atoms with Gasteiger partial charge in [0.05, 0.1) is 0 Å². The summed E-state index contributed by atoms with van der Waals surface area (Å²) in [5.74, 6) is -0.231. The summed E-state index contributed by atoms with van der Waals surface area (Å²) in [5, 5.41) is 12.4. The number of hydrogen-bond acceptors (Lipinski definition) is 4. The molecule has 1 aromatic carbocycles. The Balaban J connectivity index is 0.00000288. The molecule has 1 saturated heterocycles. The van der Waals surface area contributed by atoms with Gasteiger partial charge >= 0.3 is 6.36 Å². The average Bonchev–Trinajstić information content (AvgIpc) is 2.46. The van der Waals surface area contributed by atoms with Gasteiger partial charge < -0.3 is 15.2 Å². The monoisotopic (exact) mass is 432 g/mol. The van der Waals surface area contributed by atoms with E-state index >= 15 is 0 Å². The predicted molar refractivity (Wildman–Crippen MR) is 91.6 cm³/mol. The van der Waals surface area contributed by atoms with Crippen molar-refractivity contribution in [1.82, 2.24) is 10.2 Å². The van der Waals surface area contributed by atoms with E-state index in [0.717, 1.165) is 31.7 Å². The number of rotatable bonds is 6. The Hall–Kier alpha value is -0.540. The lowest BCUT2D eigenvalue weighted by Crippen LogP contribution is -2.45. The van der Waals surface area contributed by atoms with Crippen LogP contribution in [0.25, 0.3) is 0 Å². The van der Waals surface area contributed by atoms with Crippen molar-refractivity contribution in [2.45, 2.75) is 25.2 Å². The molecule has 1 aromatic rings. The van der Waals surface area contributed by atoms with Crippen LogP contribution >= 0.6 is 28.3 Å². The zero-order valence-electron chi connectivity index (χ0n) is 13.0. The number of nitrogens with zero attached hydrogens (tertiary/aromatic N) is 1. The molecular weight excluding hydrogens is 413 g/mol. The Morgan fingerprint density at radius 1 is 1.25 bits per heavy atom. The summed E-state index contributed by atoms with van der Waals surface area (Å²) in [6.07, 6.45) is -3.44. The lowest BCUT2D eigenvalue weighted by Gasteiger charge is -2.35. The molecule has 1 atom stereocenters. The van der Waals surface area contributed by atoms with Crippen molar-refractivity contribution in [2.75, 3.05) is 32.8 Å². The second-order valence-electron chi connectivity index (χ2n) is 5.44. The van der Waals surface area contributed by atoms with E-state index in [9.17, 15) is 13.2 Å². The second-order valence-corrected chi connectivity index (χ2v) is 6.35. The highest BCUT2D eigenvalue weighted by Crippen LogP contribution is 2.33. The average molecular weight is 434 g/mol. The van der Waals surface area contributed by atoms with E-state index in [-0.39, 0.29) is 30.8 Å². The van der Waals surface area contributed by atoms with Crippen LogP contribution in [0, 0.1) is 0 Å². The number of ether oxygens (including phenoxy) is 1.